The minimum Gasteiger partial charge on any atom is -0.500 e. The number of nitro benzene ring substituents is 1. The lowest BCUT2D eigenvalue weighted by atomic mass is 10.1. The smallest absolute Gasteiger partial charge is 0.315 e. The highest BCUT2D eigenvalue weighted by atomic mass is 35.5. The molecule has 0 fully saturated rings. The van der Waals surface area contributed by atoms with Gasteiger partial charge < -0.3 is 9.84 Å². The van der Waals surface area contributed by atoms with E-state index >= 15 is 0 Å². The van der Waals surface area contributed by atoms with E-state index < -0.39 is 16.4 Å². The van der Waals surface area contributed by atoms with Crippen LogP contribution in [0, 0.1) is 17.0 Å². The van der Waals surface area contributed by atoms with Crippen LogP contribution in [0.5, 0.6) is 11.5 Å². The monoisotopic (exact) mass is 320 g/mol. The molecule has 7 heteroatoms. The molecule has 6 nitrogen and oxygen atoms in total. The molecule has 114 valence electrons. The van der Waals surface area contributed by atoms with Crippen molar-refractivity contribution < 1.29 is 14.8 Å². The van der Waals surface area contributed by atoms with Crippen LogP contribution >= 0.6 is 11.6 Å². The van der Waals surface area contributed by atoms with Crippen LogP contribution in [0.3, 0.4) is 0 Å². The number of phenols is 1. The van der Waals surface area contributed by atoms with E-state index in [0.29, 0.717) is 16.3 Å². The van der Waals surface area contributed by atoms with E-state index in [-0.39, 0.29) is 5.75 Å². The minimum absolute atomic E-state index is 0.0125. The van der Waals surface area contributed by atoms with E-state index in [0.717, 1.165) is 5.56 Å². The number of aromatic hydroxyl groups is 1. The van der Waals surface area contributed by atoms with E-state index in [1.165, 1.54) is 25.5 Å². The lowest BCUT2D eigenvalue weighted by molar-refractivity contribution is -0.386. The largest absolute Gasteiger partial charge is 0.500 e. The van der Waals surface area contributed by atoms with Crippen LogP contribution in [-0.2, 0) is 0 Å². The standard InChI is InChI=1S/C15H13ClN2O4/c1-9-3-4-11(16)7-12(9)17-8-10-5-13(18(20)21)15(19)14(6-10)22-2/h3-8,19H,1-2H3. The molecule has 0 amide bonds. The van der Waals surface area contributed by atoms with Gasteiger partial charge in [-0.3, -0.25) is 15.1 Å². The maximum atomic E-state index is 10.9. The van der Waals surface area contributed by atoms with Crippen molar-refractivity contribution in [3.05, 3.63) is 56.6 Å². The van der Waals surface area contributed by atoms with E-state index in [9.17, 15) is 15.2 Å². The number of halogens is 1. The second-order valence-electron chi connectivity index (χ2n) is 4.54. The molecule has 0 aromatic heterocycles. The van der Waals surface area contributed by atoms with E-state index in [1.54, 1.807) is 12.1 Å². The highest BCUT2D eigenvalue weighted by molar-refractivity contribution is 6.30. The highest BCUT2D eigenvalue weighted by Crippen LogP contribution is 2.36. The summed E-state index contributed by atoms with van der Waals surface area (Å²) in [5, 5.41) is 21.2. The molecule has 0 unspecified atom stereocenters. The average Bonchev–Trinajstić information content (AvgIpc) is 2.48. The molecule has 2 rings (SSSR count). The molecule has 2 aromatic carbocycles. The van der Waals surface area contributed by atoms with Gasteiger partial charge in [-0.15, -0.1) is 0 Å². The molecule has 0 aliphatic heterocycles. The Bertz CT molecular complexity index is 759. The molecule has 0 spiro atoms. The topological polar surface area (TPSA) is 85.0 Å². The summed E-state index contributed by atoms with van der Waals surface area (Å²) in [6.07, 6.45) is 1.45. The average molecular weight is 321 g/mol. The Labute approximate surface area is 131 Å². The fourth-order valence-corrected chi connectivity index (χ4v) is 2.02. The number of rotatable bonds is 4. The molecule has 0 saturated heterocycles. The van der Waals surface area contributed by atoms with Crippen molar-refractivity contribution in [1.82, 2.24) is 0 Å². The van der Waals surface area contributed by atoms with Crippen molar-refractivity contribution in [1.29, 1.82) is 0 Å². The van der Waals surface area contributed by atoms with Crippen LogP contribution in [0.25, 0.3) is 0 Å². The lowest BCUT2D eigenvalue weighted by Crippen LogP contribution is -1.94. The molecule has 0 saturated carbocycles. The van der Waals surface area contributed by atoms with Gasteiger partial charge in [0.2, 0.25) is 5.75 Å². The molecule has 2 aromatic rings. The summed E-state index contributed by atoms with van der Waals surface area (Å²) < 4.78 is 4.93. The fraction of sp³-hybridized carbons (Fsp3) is 0.133. The Morgan fingerprint density at radius 2 is 2.09 bits per heavy atom. The highest BCUT2D eigenvalue weighted by Gasteiger charge is 2.19. The van der Waals surface area contributed by atoms with Crippen LogP contribution in [0.2, 0.25) is 5.02 Å². The summed E-state index contributed by atoms with van der Waals surface area (Å²) in [6.45, 7) is 1.88. The third-order valence-electron chi connectivity index (χ3n) is 3.02. The molecule has 1 N–H and O–H groups in total. The first kappa shape index (κ1) is 15.8. The molecular formula is C15H13ClN2O4. The summed E-state index contributed by atoms with van der Waals surface area (Å²) in [4.78, 5) is 14.5. The second kappa shape index (κ2) is 6.44. The van der Waals surface area contributed by atoms with Gasteiger partial charge in [0, 0.05) is 22.9 Å². The van der Waals surface area contributed by atoms with E-state index in [4.69, 9.17) is 16.3 Å². The van der Waals surface area contributed by atoms with Gasteiger partial charge in [0.1, 0.15) is 0 Å². The zero-order chi connectivity index (χ0) is 16.3. The molecule has 0 radical (unpaired) electrons. The predicted molar refractivity (Wildman–Crippen MR) is 84.8 cm³/mol. The van der Waals surface area contributed by atoms with Crippen LogP contribution in [-0.4, -0.2) is 23.4 Å². The third kappa shape index (κ3) is 3.35. The van der Waals surface area contributed by atoms with Crippen LogP contribution in [0.1, 0.15) is 11.1 Å². The Hall–Kier alpha value is -2.60. The van der Waals surface area contributed by atoms with Gasteiger partial charge in [-0.1, -0.05) is 17.7 Å². The van der Waals surface area contributed by atoms with Crippen molar-refractivity contribution in [3.63, 3.8) is 0 Å². The lowest BCUT2D eigenvalue weighted by Gasteiger charge is -2.05. The number of aliphatic imine (C=N–C) groups is 1. The SMILES string of the molecule is COc1cc(C=Nc2cc(Cl)ccc2C)cc([N+](=O)[O-])c1O. The minimum atomic E-state index is -0.681. The maximum absolute atomic E-state index is 10.9. The van der Waals surface area contributed by atoms with Gasteiger partial charge in [-0.25, -0.2) is 0 Å². The number of nitro groups is 1. The maximum Gasteiger partial charge on any atom is 0.315 e. The van der Waals surface area contributed by atoms with Crippen molar-refractivity contribution >= 4 is 29.2 Å². The molecular weight excluding hydrogens is 308 g/mol. The predicted octanol–water partition coefficient (Wildman–Crippen LogP) is 4.02. The number of aryl methyl sites for hydroxylation is 1. The first-order valence-electron chi connectivity index (χ1n) is 6.28. The molecule has 0 aliphatic rings. The van der Waals surface area contributed by atoms with Gasteiger partial charge in [0.25, 0.3) is 0 Å². The number of hydrogen-bond acceptors (Lipinski definition) is 5. The first-order chi connectivity index (χ1) is 10.4. The summed E-state index contributed by atoms with van der Waals surface area (Å²) in [7, 11) is 1.32. The Morgan fingerprint density at radius 3 is 2.73 bits per heavy atom. The number of ether oxygens (including phenoxy) is 1. The van der Waals surface area contributed by atoms with Crippen LogP contribution in [0.15, 0.2) is 35.3 Å². The van der Waals surface area contributed by atoms with Gasteiger partial charge in [-0.2, -0.15) is 0 Å². The summed E-state index contributed by atoms with van der Waals surface area (Å²) in [6, 6.07) is 7.96. The number of phenolic OH excluding ortho intramolecular Hbond substituents is 1. The van der Waals surface area contributed by atoms with Gasteiger partial charge in [-0.05, 0) is 30.7 Å². The van der Waals surface area contributed by atoms with Crippen molar-refractivity contribution in [2.24, 2.45) is 4.99 Å². The fourth-order valence-electron chi connectivity index (χ4n) is 1.85. The Morgan fingerprint density at radius 1 is 1.36 bits per heavy atom. The first-order valence-corrected chi connectivity index (χ1v) is 6.65. The molecule has 0 heterocycles. The molecule has 0 atom stereocenters. The van der Waals surface area contributed by atoms with Crippen molar-refractivity contribution in [3.8, 4) is 11.5 Å². The quantitative estimate of drug-likeness (QED) is 0.523. The van der Waals surface area contributed by atoms with Crippen LogP contribution < -0.4 is 4.74 Å². The summed E-state index contributed by atoms with van der Waals surface area (Å²) in [5.41, 5.74) is 1.56. The number of nitrogens with zero attached hydrogens (tertiary/aromatic N) is 2. The molecule has 0 bridgehead atoms. The Kier molecular flexibility index (Phi) is 4.62. The summed E-state index contributed by atoms with van der Waals surface area (Å²) >= 11 is 5.92. The zero-order valence-corrected chi connectivity index (χ0v) is 12.7. The Balaban J connectivity index is 2.45. The van der Waals surface area contributed by atoms with Gasteiger partial charge in [0.05, 0.1) is 17.7 Å². The zero-order valence-electron chi connectivity index (χ0n) is 11.9. The number of benzene rings is 2. The van der Waals surface area contributed by atoms with E-state index in [1.807, 2.05) is 13.0 Å². The third-order valence-corrected chi connectivity index (χ3v) is 3.25. The second-order valence-corrected chi connectivity index (χ2v) is 4.97. The molecule has 22 heavy (non-hydrogen) atoms. The van der Waals surface area contributed by atoms with Gasteiger partial charge in [0.15, 0.2) is 5.75 Å². The number of methoxy groups -OCH3 is 1. The summed E-state index contributed by atoms with van der Waals surface area (Å²) in [5.74, 6) is -0.498. The van der Waals surface area contributed by atoms with Gasteiger partial charge >= 0.3 is 5.69 Å². The van der Waals surface area contributed by atoms with E-state index in [2.05, 4.69) is 4.99 Å². The van der Waals surface area contributed by atoms with Crippen LogP contribution in [0.4, 0.5) is 11.4 Å². The number of hydrogen-bond donors (Lipinski definition) is 1. The normalized spacial score (nSPS) is 10.9. The molecule has 0 aliphatic carbocycles. The van der Waals surface area contributed by atoms with Crippen molar-refractivity contribution in [2.75, 3.05) is 7.11 Å². The van der Waals surface area contributed by atoms with Crippen molar-refractivity contribution in [2.45, 2.75) is 6.92 Å².